The van der Waals surface area contributed by atoms with Gasteiger partial charge in [-0.2, -0.15) is 0 Å². The minimum atomic E-state index is 0.484. The SMILES string of the molecule is CCCC(C)Nc1nc(Cl)cs1. The number of hydrogen-bond donors (Lipinski definition) is 1. The molecule has 4 heteroatoms. The lowest BCUT2D eigenvalue weighted by Gasteiger charge is -2.10. The Morgan fingerprint density at radius 3 is 3.00 bits per heavy atom. The van der Waals surface area contributed by atoms with Crippen LogP contribution in [0, 0.1) is 0 Å². The number of hydrogen-bond acceptors (Lipinski definition) is 3. The minimum absolute atomic E-state index is 0.484. The first-order valence-corrected chi connectivity index (χ1v) is 5.35. The van der Waals surface area contributed by atoms with Crippen LogP contribution in [-0.4, -0.2) is 11.0 Å². The Balaban J connectivity index is 2.41. The predicted molar refractivity (Wildman–Crippen MR) is 55.1 cm³/mol. The average Bonchev–Trinajstić information content (AvgIpc) is 2.36. The third-order valence-electron chi connectivity index (χ3n) is 1.57. The van der Waals surface area contributed by atoms with Crippen LogP contribution < -0.4 is 5.32 Å². The molecule has 0 saturated heterocycles. The van der Waals surface area contributed by atoms with Crippen molar-refractivity contribution in [3.8, 4) is 0 Å². The van der Waals surface area contributed by atoms with Crippen LogP contribution in [0.2, 0.25) is 5.15 Å². The van der Waals surface area contributed by atoms with E-state index in [2.05, 4.69) is 24.1 Å². The van der Waals surface area contributed by atoms with Crippen LogP contribution in [-0.2, 0) is 0 Å². The van der Waals surface area contributed by atoms with E-state index in [9.17, 15) is 0 Å². The second-order valence-corrected chi connectivity index (χ2v) is 4.05. The predicted octanol–water partition coefficient (Wildman–Crippen LogP) is 3.40. The highest BCUT2D eigenvalue weighted by Gasteiger charge is 2.03. The van der Waals surface area contributed by atoms with Crippen molar-refractivity contribution in [2.75, 3.05) is 5.32 Å². The number of nitrogens with zero attached hydrogens (tertiary/aromatic N) is 1. The van der Waals surface area contributed by atoms with Crippen LogP contribution in [0.15, 0.2) is 5.38 Å². The smallest absolute Gasteiger partial charge is 0.184 e. The topological polar surface area (TPSA) is 24.9 Å². The quantitative estimate of drug-likeness (QED) is 0.813. The second-order valence-electron chi connectivity index (χ2n) is 2.81. The maximum absolute atomic E-state index is 5.68. The monoisotopic (exact) mass is 204 g/mol. The van der Waals surface area contributed by atoms with Crippen molar-refractivity contribution < 1.29 is 0 Å². The third-order valence-corrected chi connectivity index (χ3v) is 2.66. The van der Waals surface area contributed by atoms with Crippen LogP contribution in [0.5, 0.6) is 0 Å². The van der Waals surface area contributed by atoms with Gasteiger partial charge in [0.2, 0.25) is 0 Å². The maximum atomic E-state index is 5.68. The molecule has 0 amide bonds. The van der Waals surface area contributed by atoms with E-state index in [1.165, 1.54) is 6.42 Å². The summed E-state index contributed by atoms with van der Waals surface area (Å²) in [5.74, 6) is 0. The molecule has 0 aromatic carbocycles. The summed E-state index contributed by atoms with van der Waals surface area (Å²) in [7, 11) is 0. The summed E-state index contributed by atoms with van der Waals surface area (Å²) in [4.78, 5) is 4.11. The molecule has 0 bridgehead atoms. The summed E-state index contributed by atoms with van der Waals surface area (Å²) in [5.41, 5.74) is 0. The number of halogens is 1. The van der Waals surface area contributed by atoms with E-state index < -0.39 is 0 Å². The van der Waals surface area contributed by atoms with Gasteiger partial charge in [0.05, 0.1) is 0 Å². The van der Waals surface area contributed by atoms with E-state index >= 15 is 0 Å². The molecule has 12 heavy (non-hydrogen) atoms. The Morgan fingerprint density at radius 1 is 1.75 bits per heavy atom. The summed E-state index contributed by atoms with van der Waals surface area (Å²) >= 11 is 7.23. The fourth-order valence-electron chi connectivity index (χ4n) is 1.04. The number of thiazole rings is 1. The Hall–Kier alpha value is -0.280. The Kier molecular flexibility index (Phi) is 3.82. The molecule has 0 aliphatic rings. The molecule has 1 unspecified atom stereocenters. The number of rotatable bonds is 4. The highest BCUT2D eigenvalue weighted by Crippen LogP contribution is 2.20. The van der Waals surface area contributed by atoms with Gasteiger partial charge in [-0.1, -0.05) is 24.9 Å². The number of aromatic nitrogens is 1. The van der Waals surface area contributed by atoms with Crippen molar-refractivity contribution in [1.82, 2.24) is 4.98 Å². The van der Waals surface area contributed by atoms with Gasteiger partial charge in [0, 0.05) is 11.4 Å². The molecule has 0 saturated carbocycles. The zero-order chi connectivity index (χ0) is 8.97. The summed E-state index contributed by atoms with van der Waals surface area (Å²) in [6.45, 7) is 4.33. The molecule has 0 aliphatic carbocycles. The molecule has 0 fully saturated rings. The first-order valence-electron chi connectivity index (χ1n) is 4.10. The molecule has 0 spiro atoms. The van der Waals surface area contributed by atoms with E-state index in [0.29, 0.717) is 11.2 Å². The summed E-state index contributed by atoms with van der Waals surface area (Å²) < 4.78 is 0. The summed E-state index contributed by atoms with van der Waals surface area (Å²) in [5, 5.41) is 6.62. The van der Waals surface area contributed by atoms with E-state index in [1.54, 1.807) is 11.3 Å². The molecular formula is C8H13ClN2S. The largest absolute Gasteiger partial charge is 0.359 e. The van der Waals surface area contributed by atoms with Gasteiger partial charge >= 0.3 is 0 Å². The van der Waals surface area contributed by atoms with Crippen LogP contribution in [0.3, 0.4) is 0 Å². The van der Waals surface area contributed by atoms with E-state index in [-0.39, 0.29) is 0 Å². The zero-order valence-electron chi connectivity index (χ0n) is 7.30. The van der Waals surface area contributed by atoms with Gasteiger partial charge in [0.25, 0.3) is 0 Å². The molecule has 68 valence electrons. The van der Waals surface area contributed by atoms with E-state index in [1.807, 2.05) is 5.38 Å². The van der Waals surface area contributed by atoms with Crippen LogP contribution in [0.4, 0.5) is 5.13 Å². The first kappa shape index (κ1) is 9.81. The fourth-order valence-corrected chi connectivity index (χ4v) is 1.99. The summed E-state index contributed by atoms with van der Waals surface area (Å²) in [6, 6.07) is 0.484. The standard InChI is InChI=1S/C8H13ClN2S/c1-3-4-6(2)10-8-11-7(9)5-12-8/h5-6H,3-4H2,1-2H3,(H,10,11). The average molecular weight is 205 g/mol. The molecule has 1 atom stereocenters. The molecule has 0 aliphatic heterocycles. The fraction of sp³-hybridized carbons (Fsp3) is 0.625. The van der Waals surface area contributed by atoms with Crippen molar-refractivity contribution in [2.45, 2.75) is 32.7 Å². The Labute approximate surface area is 82.0 Å². The highest BCUT2D eigenvalue weighted by atomic mass is 35.5. The lowest BCUT2D eigenvalue weighted by atomic mass is 10.2. The number of anilines is 1. The van der Waals surface area contributed by atoms with Gasteiger partial charge < -0.3 is 5.32 Å². The molecule has 1 aromatic heterocycles. The van der Waals surface area contributed by atoms with Crippen molar-refractivity contribution in [1.29, 1.82) is 0 Å². The van der Waals surface area contributed by atoms with Crippen molar-refractivity contribution >= 4 is 28.1 Å². The third kappa shape index (κ3) is 2.99. The molecule has 2 nitrogen and oxygen atoms in total. The van der Waals surface area contributed by atoms with Crippen molar-refractivity contribution in [2.24, 2.45) is 0 Å². The van der Waals surface area contributed by atoms with Gasteiger partial charge in [0.1, 0.15) is 5.15 Å². The lowest BCUT2D eigenvalue weighted by molar-refractivity contribution is 0.690. The number of nitrogens with one attached hydrogen (secondary N) is 1. The van der Waals surface area contributed by atoms with Gasteiger partial charge in [0.15, 0.2) is 5.13 Å². The molecule has 1 rings (SSSR count). The van der Waals surface area contributed by atoms with Gasteiger partial charge in [-0.05, 0) is 13.3 Å². The Morgan fingerprint density at radius 2 is 2.50 bits per heavy atom. The molecular weight excluding hydrogens is 192 g/mol. The van der Waals surface area contributed by atoms with Gasteiger partial charge in [-0.25, -0.2) is 4.98 Å². The first-order chi connectivity index (χ1) is 5.72. The molecule has 0 radical (unpaired) electrons. The van der Waals surface area contributed by atoms with Crippen molar-refractivity contribution in [3.05, 3.63) is 10.5 Å². The second kappa shape index (κ2) is 4.67. The molecule has 1 heterocycles. The highest BCUT2D eigenvalue weighted by molar-refractivity contribution is 7.14. The van der Waals surface area contributed by atoms with Crippen LogP contribution >= 0.6 is 22.9 Å². The van der Waals surface area contributed by atoms with Gasteiger partial charge in [-0.3, -0.25) is 0 Å². The summed E-state index contributed by atoms with van der Waals surface area (Å²) in [6.07, 6.45) is 2.35. The van der Waals surface area contributed by atoms with Gasteiger partial charge in [-0.15, -0.1) is 11.3 Å². The Bertz CT molecular complexity index is 237. The van der Waals surface area contributed by atoms with Crippen LogP contribution in [0.1, 0.15) is 26.7 Å². The van der Waals surface area contributed by atoms with Crippen LogP contribution in [0.25, 0.3) is 0 Å². The molecule has 1 N–H and O–H groups in total. The maximum Gasteiger partial charge on any atom is 0.184 e. The van der Waals surface area contributed by atoms with Crippen molar-refractivity contribution in [3.63, 3.8) is 0 Å². The normalized spacial score (nSPS) is 12.9. The zero-order valence-corrected chi connectivity index (χ0v) is 8.87. The molecule has 1 aromatic rings. The van der Waals surface area contributed by atoms with E-state index in [0.717, 1.165) is 11.6 Å². The minimum Gasteiger partial charge on any atom is -0.359 e. The van der Waals surface area contributed by atoms with E-state index in [4.69, 9.17) is 11.6 Å². The lowest BCUT2D eigenvalue weighted by Crippen LogP contribution is -2.13.